The molecule has 0 aliphatic heterocycles. The number of aryl methyl sites for hydroxylation is 1. The Balaban J connectivity index is 1.69. The van der Waals surface area contributed by atoms with Crippen molar-refractivity contribution in [2.24, 2.45) is 0 Å². The molecule has 1 aliphatic rings. The van der Waals surface area contributed by atoms with Crippen LogP contribution in [-0.4, -0.2) is 11.7 Å². The molecule has 1 amide bonds. The monoisotopic (exact) mass is 313 g/mol. The molecule has 3 aromatic rings. The van der Waals surface area contributed by atoms with Gasteiger partial charge in [-0.1, -0.05) is 48.5 Å². The summed E-state index contributed by atoms with van der Waals surface area (Å²) < 4.78 is 0. The van der Waals surface area contributed by atoms with Crippen LogP contribution >= 0.6 is 0 Å². The van der Waals surface area contributed by atoms with Crippen LogP contribution in [0.2, 0.25) is 0 Å². The Bertz CT molecular complexity index is 989. The van der Waals surface area contributed by atoms with Crippen molar-refractivity contribution < 1.29 is 9.59 Å². The van der Waals surface area contributed by atoms with Crippen molar-refractivity contribution in [3.05, 3.63) is 89.0 Å². The molecule has 0 heterocycles. The third-order valence-corrected chi connectivity index (χ3v) is 4.38. The van der Waals surface area contributed by atoms with Crippen LogP contribution in [0.25, 0.3) is 11.1 Å². The van der Waals surface area contributed by atoms with E-state index in [9.17, 15) is 9.59 Å². The van der Waals surface area contributed by atoms with Gasteiger partial charge in [-0.25, -0.2) is 0 Å². The van der Waals surface area contributed by atoms with Gasteiger partial charge >= 0.3 is 0 Å². The summed E-state index contributed by atoms with van der Waals surface area (Å²) in [5.74, 6) is -0.234. The molecule has 4 rings (SSSR count). The SMILES string of the molecule is Cc1ccccc1NC(=O)c1ccc2c(c1)C(=O)c1ccccc1-2. The Hall–Kier alpha value is -3.20. The van der Waals surface area contributed by atoms with E-state index in [-0.39, 0.29) is 11.7 Å². The van der Waals surface area contributed by atoms with Gasteiger partial charge in [0.15, 0.2) is 5.78 Å². The molecule has 0 aromatic heterocycles. The lowest BCUT2D eigenvalue weighted by atomic mass is 10.0. The maximum atomic E-state index is 12.5. The Morgan fingerprint density at radius 1 is 0.792 bits per heavy atom. The Morgan fingerprint density at radius 2 is 1.46 bits per heavy atom. The topological polar surface area (TPSA) is 46.2 Å². The van der Waals surface area contributed by atoms with Crippen LogP contribution in [0.1, 0.15) is 31.8 Å². The Kier molecular flexibility index (Phi) is 3.28. The first-order valence-electron chi connectivity index (χ1n) is 7.80. The zero-order chi connectivity index (χ0) is 16.7. The minimum atomic E-state index is -0.212. The molecule has 0 fully saturated rings. The van der Waals surface area contributed by atoms with Crippen LogP contribution in [0.4, 0.5) is 5.69 Å². The average molecular weight is 313 g/mol. The molecule has 1 N–H and O–H groups in total. The van der Waals surface area contributed by atoms with E-state index in [1.165, 1.54) is 0 Å². The molecular weight excluding hydrogens is 298 g/mol. The van der Waals surface area contributed by atoms with E-state index in [1.54, 1.807) is 12.1 Å². The van der Waals surface area contributed by atoms with Gasteiger partial charge in [0.25, 0.3) is 5.91 Å². The molecule has 0 unspecified atom stereocenters. The number of benzene rings is 3. The van der Waals surface area contributed by atoms with Gasteiger partial charge < -0.3 is 5.32 Å². The number of ketones is 1. The van der Waals surface area contributed by atoms with Gasteiger partial charge in [-0.2, -0.15) is 0 Å². The van der Waals surface area contributed by atoms with Gasteiger partial charge in [-0.3, -0.25) is 9.59 Å². The highest BCUT2D eigenvalue weighted by Crippen LogP contribution is 2.36. The fourth-order valence-electron chi connectivity index (χ4n) is 3.08. The number of carbonyl (C=O) groups excluding carboxylic acids is 2. The van der Waals surface area contributed by atoms with Crippen LogP contribution in [0.15, 0.2) is 66.7 Å². The lowest BCUT2D eigenvalue weighted by Gasteiger charge is -2.09. The summed E-state index contributed by atoms with van der Waals surface area (Å²) in [7, 11) is 0. The molecule has 0 atom stereocenters. The van der Waals surface area contributed by atoms with E-state index in [0.29, 0.717) is 16.7 Å². The van der Waals surface area contributed by atoms with E-state index in [1.807, 2.05) is 61.5 Å². The highest BCUT2D eigenvalue weighted by molar-refractivity contribution is 6.22. The molecular formula is C21H15NO2. The Labute approximate surface area is 140 Å². The largest absolute Gasteiger partial charge is 0.322 e. The van der Waals surface area contributed by atoms with Crippen LogP contribution in [-0.2, 0) is 0 Å². The van der Waals surface area contributed by atoms with E-state index in [4.69, 9.17) is 0 Å². The molecule has 0 radical (unpaired) electrons. The standard InChI is InChI=1S/C21H15NO2/c1-13-6-2-5-9-19(13)22-21(24)14-10-11-16-15-7-3-4-8-17(15)20(23)18(16)12-14/h2-12H,1H3,(H,22,24). The fraction of sp³-hybridized carbons (Fsp3) is 0.0476. The molecule has 116 valence electrons. The first-order valence-corrected chi connectivity index (χ1v) is 7.80. The predicted molar refractivity (Wildman–Crippen MR) is 94.4 cm³/mol. The molecule has 3 heteroatoms. The quantitative estimate of drug-likeness (QED) is 0.594. The molecule has 0 spiro atoms. The van der Waals surface area contributed by atoms with Gasteiger partial charge in [0.05, 0.1) is 0 Å². The molecule has 0 bridgehead atoms. The molecule has 0 saturated carbocycles. The minimum absolute atomic E-state index is 0.0221. The summed E-state index contributed by atoms with van der Waals surface area (Å²) in [5.41, 5.74) is 5.37. The van der Waals surface area contributed by atoms with Crippen LogP contribution in [0.3, 0.4) is 0 Å². The summed E-state index contributed by atoms with van der Waals surface area (Å²) in [6.07, 6.45) is 0. The third-order valence-electron chi connectivity index (χ3n) is 4.38. The van der Waals surface area contributed by atoms with E-state index in [0.717, 1.165) is 22.4 Å². The van der Waals surface area contributed by atoms with Gasteiger partial charge in [-0.15, -0.1) is 0 Å². The number of anilines is 1. The van der Waals surface area contributed by atoms with Crippen molar-refractivity contribution in [2.75, 3.05) is 5.32 Å². The summed E-state index contributed by atoms with van der Waals surface area (Å²) in [5, 5.41) is 2.90. The molecule has 3 aromatic carbocycles. The summed E-state index contributed by atoms with van der Waals surface area (Å²) in [4.78, 5) is 25.1. The number of para-hydroxylation sites is 1. The third kappa shape index (κ3) is 2.22. The van der Waals surface area contributed by atoms with Gasteiger partial charge in [0.2, 0.25) is 0 Å². The summed E-state index contributed by atoms with van der Waals surface area (Å²) in [6.45, 7) is 1.94. The second-order valence-electron chi connectivity index (χ2n) is 5.90. The predicted octanol–water partition coefficient (Wildman–Crippen LogP) is 4.46. The zero-order valence-corrected chi connectivity index (χ0v) is 13.2. The smallest absolute Gasteiger partial charge is 0.255 e. The van der Waals surface area contributed by atoms with Crippen LogP contribution < -0.4 is 5.32 Å². The van der Waals surface area contributed by atoms with Crippen LogP contribution in [0.5, 0.6) is 0 Å². The van der Waals surface area contributed by atoms with Crippen molar-refractivity contribution in [3.8, 4) is 11.1 Å². The number of rotatable bonds is 2. The van der Waals surface area contributed by atoms with Gasteiger partial charge in [-0.05, 0) is 41.8 Å². The van der Waals surface area contributed by atoms with Crippen molar-refractivity contribution in [1.29, 1.82) is 0 Å². The average Bonchev–Trinajstić information content (AvgIpc) is 2.90. The molecule has 24 heavy (non-hydrogen) atoms. The van der Waals surface area contributed by atoms with E-state index < -0.39 is 0 Å². The van der Waals surface area contributed by atoms with Crippen molar-refractivity contribution >= 4 is 17.4 Å². The maximum Gasteiger partial charge on any atom is 0.255 e. The molecule has 1 aliphatic carbocycles. The number of amides is 1. The second kappa shape index (κ2) is 5.46. The zero-order valence-electron chi connectivity index (χ0n) is 13.2. The van der Waals surface area contributed by atoms with Crippen LogP contribution in [0, 0.1) is 6.92 Å². The normalized spacial score (nSPS) is 11.8. The number of hydrogen-bond acceptors (Lipinski definition) is 2. The Morgan fingerprint density at radius 3 is 2.25 bits per heavy atom. The summed E-state index contributed by atoms with van der Waals surface area (Å²) >= 11 is 0. The summed E-state index contributed by atoms with van der Waals surface area (Å²) in [6, 6.07) is 20.5. The van der Waals surface area contributed by atoms with Gasteiger partial charge in [0.1, 0.15) is 0 Å². The van der Waals surface area contributed by atoms with Gasteiger partial charge in [0, 0.05) is 22.4 Å². The highest BCUT2D eigenvalue weighted by Gasteiger charge is 2.27. The number of nitrogens with one attached hydrogen (secondary N) is 1. The second-order valence-corrected chi connectivity index (χ2v) is 5.90. The molecule has 0 saturated heterocycles. The number of fused-ring (bicyclic) bond motifs is 3. The first-order chi connectivity index (χ1) is 11.6. The fourth-order valence-corrected chi connectivity index (χ4v) is 3.08. The van der Waals surface area contributed by atoms with Crippen molar-refractivity contribution in [1.82, 2.24) is 0 Å². The van der Waals surface area contributed by atoms with E-state index in [2.05, 4.69) is 5.32 Å². The highest BCUT2D eigenvalue weighted by atomic mass is 16.1. The lowest BCUT2D eigenvalue weighted by molar-refractivity contribution is 0.102. The number of hydrogen-bond donors (Lipinski definition) is 1. The van der Waals surface area contributed by atoms with Crippen molar-refractivity contribution in [2.45, 2.75) is 6.92 Å². The van der Waals surface area contributed by atoms with E-state index >= 15 is 0 Å². The minimum Gasteiger partial charge on any atom is -0.322 e. The maximum absolute atomic E-state index is 12.5. The molecule has 3 nitrogen and oxygen atoms in total. The number of carbonyl (C=O) groups is 2. The first kappa shape index (κ1) is 14.4. The van der Waals surface area contributed by atoms with Crippen molar-refractivity contribution in [3.63, 3.8) is 0 Å². The lowest BCUT2D eigenvalue weighted by Crippen LogP contribution is -2.13.